The third-order valence-corrected chi connectivity index (χ3v) is 3.46. The highest BCUT2D eigenvalue weighted by Gasteiger charge is 2.14. The molecule has 0 amide bonds. The molecular formula is C19H13N3O2. The van der Waals surface area contributed by atoms with E-state index < -0.39 is 5.97 Å². The molecule has 0 saturated heterocycles. The highest BCUT2D eigenvalue weighted by atomic mass is 16.4. The van der Waals surface area contributed by atoms with Crippen molar-refractivity contribution in [1.29, 1.82) is 5.26 Å². The van der Waals surface area contributed by atoms with Gasteiger partial charge in [-0.25, -0.2) is 9.48 Å². The Morgan fingerprint density at radius 1 is 1.08 bits per heavy atom. The van der Waals surface area contributed by atoms with Crippen LogP contribution in [0.3, 0.4) is 0 Å². The third-order valence-electron chi connectivity index (χ3n) is 3.46. The van der Waals surface area contributed by atoms with Gasteiger partial charge in [0.15, 0.2) is 0 Å². The number of hydrogen-bond acceptors (Lipinski definition) is 3. The largest absolute Gasteiger partial charge is 0.477 e. The van der Waals surface area contributed by atoms with Gasteiger partial charge in [0.1, 0.15) is 11.6 Å². The number of aromatic nitrogens is 2. The first-order chi connectivity index (χ1) is 11.7. The van der Waals surface area contributed by atoms with E-state index in [9.17, 15) is 4.79 Å². The molecule has 5 heteroatoms. The summed E-state index contributed by atoms with van der Waals surface area (Å²) in [5, 5.41) is 22.7. The first-order valence-electron chi connectivity index (χ1n) is 7.24. The molecule has 0 saturated carbocycles. The molecule has 1 aromatic heterocycles. The summed E-state index contributed by atoms with van der Waals surface area (Å²) < 4.78 is 1.67. The fourth-order valence-corrected chi connectivity index (χ4v) is 2.32. The Bertz CT molecular complexity index is 936. The fraction of sp³-hybridized carbons (Fsp3) is 0. The van der Waals surface area contributed by atoms with Crippen LogP contribution in [0.25, 0.3) is 23.0 Å². The molecule has 0 fully saturated rings. The minimum absolute atomic E-state index is 0.334. The van der Waals surface area contributed by atoms with Crippen molar-refractivity contribution in [2.75, 3.05) is 0 Å². The number of benzene rings is 2. The molecule has 116 valence electrons. The molecule has 0 aliphatic rings. The zero-order valence-corrected chi connectivity index (χ0v) is 12.6. The molecule has 0 spiro atoms. The number of rotatable bonds is 4. The average Bonchev–Trinajstić information content (AvgIpc) is 3.05. The van der Waals surface area contributed by atoms with Gasteiger partial charge in [-0.05, 0) is 18.2 Å². The van der Waals surface area contributed by atoms with Gasteiger partial charge < -0.3 is 5.11 Å². The summed E-state index contributed by atoms with van der Waals surface area (Å²) in [6.07, 6.45) is 3.06. The van der Waals surface area contributed by atoms with Gasteiger partial charge in [0, 0.05) is 17.3 Å². The molecule has 2 aromatic carbocycles. The molecule has 0 aliphatic heterocycles. The summed E-state index contributed by atoms with van der Waals surface area (Å²) in [5.74, 6) is -1.26. The van der Waals surface area contributed by atoms with Crippen molar-refractivity contribution in [3.63, 3.8) is 0 Å². The van der Waals surface area contributed by atoms with Crippen LogP contribution in [0.1, 0.15) is 5.56 Å². The predicted octanol–water partition coefficient (Wildman–Crippen LogP) is 3.53. The number of nitriles is 1. The quantitative estimate of drug-likeness (QED) is 0.590. The van der Waals surface area contributed by atoms with Crippen LogP contribution in [0.4, 0.5) is 0 Å². The number of carbonyl (C=O) groups is 1. The van der Waals surface area contributed by atoms with Crippen LogP contribution in [0.5, 0.6) is 0 Å². The number of nitrogens with zero attached hydrogens (tertiary/aromatic N) is 3. The monoisotopic (exact) mass is 315 g/mol. The maximum atomic E-state index is 11.1. The molecule has 0 atom stereocenters. The van der Waals surface area contributed by atoms with E-state index in [1.165, 1.54) is 6.08 Å². The summed E-state index contributed by atoms with van der Waals surface area (Å²) in [7, 11) is 0. The lowest BCUT2D eigenvalue weighted by Gasteiger charge is -2.00. The molecular weight excluding hydrogens is 302 g/mol. The minimum Gasteiger partial charge on any atom is -0.477 e. The zero-order valence-electron chi connectivity index (χ0n) is 12.6. The van der Waals surface area contributed by atoms with Gasteiger partial charge >= 0.3 is 5.97 Å². The van der Waals surface area contributed by atoms with Gasteiger partial charge in [-0.15, -0.1) is 0 Å². The summed E-state index contributed by atoms with van der Waals surface area (Å²) in [6, 6.07) is 20.6. The third kappa shape index (κ3) is 3.08. The second-order valence-electron chi connectivity index (χ2n) is 5.05. The van der Waals surface area contributed by atoms with Crippen molar-refractivity contribution in [1.82, 2.24) is 9.78 Å². The van der Waals surface area contributed by atoms with E-state index >= 15 is 0 Å². The van der Waals surface area contributed by atoms with Gasteiger partial charge in [0.25, 0.3) is 0 Å². The van der Waals surface area contributed by atoms with Crippen molar-refractivity contribution in [3.8, 4) is 23.0 Å². The van der Waals surface area contributed by atoms with E-state index in [1.54, 1.807) is 16.9 Å². The average molecular weight is 315 g/mol. The molecule has 0 aliphatic carbocycles. The standard InChI is InChI=1S/C19H13N3O2/c20-12-15(19(23)24)11-16-13-22(17-9-5-2-6-10-17)21-18(16)14-7-3-1-4-8-14/h1-11,13H,(H,23,24)/b15-11+. The van der Waals surface area contributed by atoms with Crippen LogP contribution in [-0.2, 0) is 4.79 Å². The predicted molar refractivity (Wildman–Crippen MR) is 90.2 cm³/mol. The van der Waals surface area contributed by atoms with Crippen LogP contribution in [-0.4, -0.2) is 20.9 Å². The Morgan fingerprint density at radius 3 is 2.29 bits per heavy atom. The Hall–Kier alpha value is -3.65. The first kappa shape index (κ1) is 15.3. The van der Waals surface area contributed by atoms with E-state index in [4.69, 9.17) is 10.4 Å². The normalized spacial score (nSPS) is 11.0. The van der Waals surface area contributed by atoms with Gasteiger partial charge in [-0.1, -0.05) is 48.5 Å². The van der Waals surface area contributed by atoms with Crippen molar-refractivity contribution >= 4 is 12.0 Å². The van der Waals surface area contributed by atoms with E-state index in [0.717, 1.165) is 11.3 Å². The molecule has 0 bridgehead atoms. The lowest BCUT2D eigenvalue weighted by Crippen LogP contribution is -1.97. The van der Waals surface area contributed by atoms with Crippen LogP contribution >= 0.6 is 0 Å². The minimum atomic E-state index is -1.26. The van der Waals surface area contributed by atoms with Gasteiger partial charge in [-0.3, -0.25) is 0 Å². The van der Waals surface area contributed by atoms with E-state index in [2.05, 4.69) is 5.10 Å². The van der Waals surface area contributed by atoms with Gasteiger partial charge in [-0.2, -0.15) is 10.4 Å². The maximum Gasteiger partial charge on any atom is 0.346 e. The SMILES string of the molecule is N#C/C(=C\c1cn(-c2ccccc2)nc1-c1ccccc1)C(=O)O. The summed E-state index contributed by atoms with van der Waals surface area (Å²) in [5.41, 5.74) is 2.56. The number of hydrogen-bond donors (Lipinski definition) is 1. The van der Waals surface area contributed by atoms with Crippen LogP contribution in [0.2, 0.25) is 0 Å². The first-order valence-corrected chi connectivity index (χ1v) is 7.24. The Labute approximate surface area is 138 Å². The van der Waals surface area contributed by atoms with Gasteiger partial charge in [0.05, 0.1) is 11.4 Å². The smallest absolute Gasteiger partial charge is 0.346 e. The van der Waals surface area contributed by atoms with Crippen molar-refractivity contribution in [2.24, 2.45) is 0 Å². The second-order valence-corrected chi connectivity index (χ2v) is 5.05. The Balaban J connectivity index is 2.18. The molecule has 0 radical (unpaired) electrons. The molecule has 3 aromatic rings. The summed E-state index contributed by atoms with van der Waals surface area (Å²) in [4.78, 5) is 11.1. The van der Waals surface area contributed by atoms with E-state index in [1.807, 2.05) is 60.7 Å². The Morgan fingerprint density at radius 2 is 1.71 bits per heavy atom. The number of carboxylic acids is 1. The zero-order chi connectivity index (χ0) is 16.9. The Kier molecular flexibility index (Phi) is 4.21. The van der Waals surface area contributed by atoms with E-state index in [-0.39, 0.29) is 5.57 Å². The molecule has 1 N–H and O–H groups in total. The molecule has 1 heterocycles. The second kappa shape index (κ2) is 6.63. The number of aliphatic carboxylic acids is 1. The number of para-hydroxylation sites is 1. The molecule has 3 rings (SSSR count). The topological polar surface area (TPSA) is 78.9 Å². The number of carboxylic acid groups (broad SMARTS) is 1. The van der Waals surface area contributed by atoms with Crippen LogP contribution < -0.4 is 0 Å². The summed E-state index contributed by atoms with van der Waals surface area (Å²) >= 11 is 0. The maximum absolute atomic E-state index is 11.1. The lowest BCUT2D eigenvalue weighted by molar-refractivity contribution is -0.132. The molecule has 24 heavy (non-hydrogen) atoms. The molecule has 0 unspecified atom stereocenters. The fourth-order valence-electron chi connectivity index (χ4n) is 2.32. The highest BCUT2D eigenvalue weighted by Crippen LogP contribution is 2.25. The molecule has 5 nitrogen and oxygen atoms in total. The van der Waals surface area contributed by atoms with E-state index in [0.29, 0.717) is 11.3 Å². The summed E-state index contributed by atoms with van der Waals surface area (Å²) in [6.45, 7) is 0. The highest BCUT2D eigenvalue weighted by molar-refractivity contribution is 5.97. The van der Waals surface area contributed by atoms with Crippen molar-refractivity contribution in [2.45, 2.75) is 0 Å². The van der Waals surface area contributed by atoms with Crippen molar-refractivity contribution < 1.29 is 9.90 Å². The van der Waals surface area contributed by atoms with Gasteiger partial charge in [0.2, 0.25) is 0 Å². The van der Waals surface area contributed by atoms with Crippen LogP contribution in [0.15, 0.2) is 72.4 Å². The lowest BCUT2D eigenvalue weighted by atomic mass is 10.1. The van der Waals surface area contributed by atoms with Crippen molar-refractivity contribution in [3.05, 3.63) is 78.0 Å². The van der Waals surface area contributed by atoms with Crippen LogP contribution in [0, 0.1) is 11.3 Å².